The largest absolute Gasteiger partial charge is 0.496 e. The van der Waals surface area contributed by atoms with Crippen LogP contribution in [0.2, 0.25) is 0 Å². The van der Waals surface area contributed by atoms with Crippen LogP contribution in [0.3, 0.4) is 0 Å². The summed E-state index contributed by atoms with van der Waals surface area (Å²) < 4.78 is 6.44. The predicted octanol–water partition coefficient (Wildman–Crippen LogP) is 3.63. The fourth-order valence-electron chi connectivity index (χ4n) is 2.57. The van der Waals surface area contributed by atoms with Crippen molar-refractivity contribution in [2.24, 2.45) is 5.92 Å². The maximum atomic E-state index is 8.89. The molecule has 0 saturated heterocycles. The minimum absolute atomic E-state index is 0.262. The lowest BCUT2D eigenvalue weighted by Crippen LogP contribution is -2.32. The summed E-state index contributed by atoms with van der Waals surface area (Å²) in [5.74, 6) is 1.18. The van der Waals surface area contributed by atoms with Crippen molar-refractivity contribution in [1.29, 1.82) is 5.26 Å². The Hall–Kier alpha value is -1.05. The van der Waals surface area contributed by atoms with Crippen LogP contribution in [0.5, 0.6) is 5.75 Å². The molecule has 1 aromatic carbocycles. The maximum absolute atomic E-state index is 8.89. The first kappa shape index (κ1) is 14.4. The second-order valence-electron chi connectivity index (χ2n) is 5.01. The van der Waals surface area contributed by atoms with Crippen LogP contribution in [0.4, 0.5) is 0 Å². The fourth-order valence-corrected chi connectivity index (χ4v) is 2.97. The number of benzene rings is 1. The van der Waals surface area contributed by atoms with Crippen LogP contribution in [-0.4, -0.2) is 13.2 Å². The van der Waals surface area contributed by atoms with Crippen molar-refractivity contribution in [3.8, 4) is 11.8 Å². The van der Waals surface area contributed by atoms with Gasteiger partial charge in [0.25, 0.3) is 0 Å². The summed E-state index contributed by atoms with van der Waals surface area (Å²) in [6.07, 6.45) is 4.22. The number of rotatable bonds is 4. The van der Waals surface area contributed by atoms with E-state index in [0.717, 1.165) is 42.5 Å². The molecule has 0 aliphatic heterocycles. The van der Waals surface area contributed by atoms with Gasteiger partial charge in [0.1, 0.15) is 5.75 Å². The van der Waals surface area contributed by atoms with Gasteiger partial charge in [-0.3, -0.25) is 0 Å². The lowest BCUT2D eigenvalue weighted by Gasteiger charge is -2.26. The van der Waals surface area contributed by atoms with Crippen molar-refractivity contribution in [3.63, 3.8) is 0 Å². The van der Waals surface area contributed by atoms with Gasteiger partial charge < -0.3 is 10.1 Å². The molecule has 0 spiro atoms. The Morgan fingerprint density at radius 1 is 1.37 bits per heavy atom. The highest BCUT2D eigenvalue weighted by Gasteiger charge is 2.20. The van der Waals surface area contributed by atoms with E-state index in [0.29, 0.717) is 6.04 Å². The summed E-state index contributed by atoms with van der Waals surface area (Å²) >= 11 is 3.49. The van der Waals surface area contributed by atoms with Crippen molar-refractivity contribution in [3.05, 3.63) is 28.2 Å². The molecule has 1 aliphatic rings. The SMILES string of the molecule is COc1ccc(Br)cc1CNC1CCC(C#N)CC1. The minimum Gasteiger partial charge on any atom is -0.496 e. The Morgan fingerprint density at radius 2 is 2.11 bits per heavy atom. The Balaban J connectivity index is 1.89. The highest BCUT2D eigenvalue weighted by atomic mass is 79.9. The molecule has 0 bridgehead atoms. The average molecular weight is 323 g/mol. The zero-order chi connectivity index (χ0) is 13.7. The van der Waals surface area contributed by atoms with E-state index in [1.165, 1.54) is 5.56 Å². The molecule has 3 nitrogen and oxygen atoms in total. The fraction of sp³-hybridized carbons (Fsp3) is 0.533. The first-order valence-electron chi connectivity index (χ1n) is 6.68. The lowest BCUT2D eigenvalue weighted by molar-refractivity contribution is 0.328. The highest BCUT2D eigenvalue weighted by molar-refractivity contribution is 9.10. The van der Waals surface area contributed by atoms with Gasteiger partial charge in [0, 0.05) is 28.5 Å². The zero-order valence-corrected chi connectivity index (χ0v) is 12.7. The van der Waals surface area contributed by atoms with E-state index in [4.69, 9.17) is 10.00 Å². The van der Waals surface area contributed by atoms with Gasteiger partial charge in [-0.15, -0.1) is 0 Å². The van der Waals surface area contributed by atoms with Crippen molar-refractivity contribution in [2.75, 3.05) is 7.11 Å². The molecule has 0 amide bonds. The van der Waals surface area contributed by atoms with Crippen molar-refractivity contribution in [2.45, 2.75) is 38.3 Å². The van der Waals surface area contributed by atoms with E-state index >= 15 is 0 Å². The van der Waals surface area contributed by atoms with Gasteiger partial charge in [0.15, 0.2) is 0 Å². The summed E-state index contributed by atoms with van der Waals surface area (Å²) in [6, 6.07) is 8.95. The number of nitrogens with zero attached hydrogens (tertiary/aromatic N) is 1. The van der Waals surface area contributed by atoms with E-state index in [9.17, 15) is 0 Å². The van der Waals surface area contributed by atoms with Crippen LogP contribution in [-0.2, 0) is 6.54 Å². The van der Waals surface area contributed by atoms with Gasteiger partial charge in [-0.25, -0.2) is 0 Å². The van der Waals surface area contributed by atoms with Crippen LogP contribution in [0, 0.1) is 17.2 Å². The van der Waals surface area contributed by atoms with Gasteiger partial charge in [-0.1, -0.05) is 15.9 Å². The Morgan fingerprint density at radius 3 is 2.74 bits per heavy atom. The van der Waals surface area contributed by atoms with E-state index in [1.54, 1.807) is 7.11 Å². The number of halogens is 1. The van der Waals surface area contributed by atoms with Crippen molar-refractivity contribution in [1.82, 2.24) is 5.32 Å². The topological polar surface area (TPSA) is 45.0 Å². The van der Waals surface area contributed by atoms with Gasteiger partial charge in [0.05, 0.1) is 13.2 Å². The first-order chi connectivity index (χ1) is 9.22. The third-order valence-electron chi connectivity index (χ3n) is 3.73. The molecular formula is C15H19BrN2O. The summed E-state index contributed by atoms with van der Waals surface area (Å²) in [5, 5.41) is 12.5. The molecule has 1 aliphatic carbocycles. The second-order valence-corrected chi connectivity index (χ2v) is 5.93. The molecule has 0 heterocycles. The molecule has 1 aromatic rings. The third-order valence-corrected chi connectivity index (χ3v) is 4.23. The van der Waals surface area contributed by atoms with Crippen molar-refractivity contribution < 1.29 is 4.74 Å². The quantitative estimate of drug-likeness (QED) is 0.920. The molecule has 1 fully saturated rings. The molecule has 4 heteroatoms. The van der Waals surface area contributed by atoms with E-state index in [-0.39, 0.29) is 5.92 Å². The number of nitrogens with one attached hydrogen (secondary N) is 1. The Kier molecular flexibility index (Phi) is 5.24. The van der Waals surface area contributed by atoms with Crippen LogP contribution < -0.4 is 10.1 Å². The number of hydrogen-bond donors (Lipinski definition) is 1. The molecule has 1 saturated carbocycles. The monoisotopic (exact) mass is 322 g/mol. The molecule has 0 unspecified atom stereocenters. The smallest absolute Gasteiger partial charge is 0.123 e. The van der Waals surface area contributed by atoms with E-state index < -0.39 is 0 Å². The van der Waals surface area contributed by atoms with E-state index in [2.05, 4.69) is 33.4 Å². The average Bonchev–Trinajstić information content (AvgIpc) is 2.46. The Bertz CT molecular complexity index is 462. The first-order valence-corrected chi connectivity index (χ1v) is 7.47. The summed E-state index contributed by atoms with van der Waals surface area (Å²) in [4.78, 5) is 0. The van der Waals surface area contributed by atoms with Gasteiger partial charge in [-0.05, 0) is 43.9 Å². The van der Waals surface area contributed by atoms with Crippen LogP contribution in [0.1, 0.15) is 31.2 Å². The third kappa shape index (κ3) is 3.95. The highest BCUT2D eigenvalue weighted by Crippen LogP contribution is 2.26. The Labute approximate surface area is 123 Å². The molecule has 0 aromatic heterocycles. The molecule has 2 rings (SSSR count). The number of ether oxygens (including phenoxy) is 1. The molecule has 0 atom stereocenters. The maximum Gasteiger partial charge on any atom is 0.123 e. The van der Waals surface area contributed by atoms with E-state index in [1.807, 2.05) is 12.1 Å². The summed E-state index contributed by atoms with van der Waals surface area (Å²) in [5.41, 5.74) is 1.17. The van der Waals surface area contributed by atoms with Gasteiger partial charge in [-0.2, -0.15) is 5.26 Å². The minimum atomic E-state index is 0.262. The predicted molar refractivity (Wildman–Crippen MR) is 78.9 cm³/mol. The van der Waals surface area contributed by atoms with Crippen LogP contribution in [0.15, 0.2) is 22.7 Å². The molecule has 0 radical (unpaired) electrons. The van der Waals surface area contributed by atoms with Crippen molar-refractivity contribution >= 4 is 15.9 Å². The standard InChI is InChI=1S/C15H19BrN2O/c1-19-15-7-4-13(16)8-12(15)10-18-14-5-2-11(9-17)3-6-14/h4,7-8,11,14,18H,2-3,5-6,10H2,1H3. The number of nitriles is 1. The van der Waals surface area contributed by atoms with Crippen LogP contribution in [0.25, 0.3) is 0 Å². The normalized spacial score (nSPS) is 22.8. The summed E-state index contributed by atoms with van der Waals surface area (Å²) in [7, 11) is 1.70. The lowest BCUT2D eigenvalue weighted by atomic mass is 9.87. The zero-order valence-electron chi connectivity index (χ0n) is 11.2. The molecular weight excluding hydrogens is 304 g/mol. The molecule has 1 N–H and O–H groups in total. The summed E-state index contributed by atoms with van der Waals surface area (Å²) in [6.45, 7) is 0.810. The number of hydrogen-bond acceptors (Lipinski definition) is 3. The molecule has 19 heavy (non-hydrogen) atoms. The molecule has 102 valence electrons. The van der Waals surface area contributed by atoms with Gasteiger partial charge in [0.2, 0.25) is 0 Å². The number of methoxy groups -OCH3 is 1. The second kappa shape index (κ2) is 6.93. The van der Waals surface area contributed by atoms with Crippen LogP contribution >= 0.6 is 15.9 Å². The van der Waals surface area contributed by atoms with Gasteiger partial charge >= 0.3 is 0 Å².